The van der Waals surface area contributed by atoms with E-state index in [-0.39, 0.29) is 6.61 Å². The summed E-state index contributed by atoms with van der Waals surface area (Å²) in [5, 5.41) is 11.0. The number of carbonyl (C=O) groups excluding carboxylic acids is 2. The molecule has 2 amide bonds. The summed E-state index contributed by atoms with van der Waals surface area (Å²) in [7, 11) is 0. The van der Waals surface area contributed by atoms with Gasteiger partial charge < -0.3 is 4.74 Å². The number of rotatable bonds is 3. The first-order valence-electron chi connectivity index (χ1n) is 3.24. The van der Waals surface area contributed by atoms with Crippen LogP contribution in [0.1, 0.15) is 6.92 Å². The molecule has 7 nitrogen and oxygen atoms in total. The second-order valence-corrected chi connectivity index (χ2v) is 1.83. The Labute approximate surface area is 72.0 Å². The van der Waals surface area contributed by atoms with Crippen LogP contribution in [0.25, 0.3) is 0 Å². The van der Waals surface area contributed by atoms with Crippen LogP contribution in [-0.4, -0.2) is 29.8 Å². The van der Waals surface area contributed by atoms with Crippen molar-refractivity contribution in [3.63, 3.8) is 0 Å². The number of hydrogen-bond donors (Lipinski definition) is 1. The van der Waals surface area contributed by atoms with Crippen LogP contribution < -0.4 is 5.32 Å². The lowest BCUT2D eigenvalue weighted by Crippen LogP contribution is -2.40. The summed E-state index contributed by atoms with van der Waals surface area (Å²) in [5.74, 6) is -1.65. The van der Waals surface area contributed by atoms with E-state index in [1.807, 2.05) is 0 Å². The standard InChI is InChI=1S/C5H7FN2O5/c1-2-13-5(10)7-4(9)3(6)8(11)12/h3H,2H2,1H3,(H,7,9,10). The van der Waals surface area contributed by atoms with Crippen LogP contribution >= 0.6 is 0 Å². The van der Waals surface area contributed by atoms with Gasteiger partial charge in [-0.1, -0.05) is 0 Å². The smallest absolute Gasteiger partial charge is 0.427 e. The largest absolute Gasteiger partial charge is 0.450 e. The van der Waals surface area contributed by atoms with Crippen LogP contribution in [-0.2, 0) is 9.53 Å². The summed E-state index contributed by atoms with van der Waals surface area (Å²) in [6.45, 7) is 1.44. The fraction of sp³-hybridized carbons (Fsp3) is 0.600. The van der Waals surface area contributed by atoms with Crippen molar-refractivity contribution in [1.29, 1.82) is 0 Å². The first-order valence-corrected chi connectivity index (χ1v) is 3.24. The van der Waals surface area contributed by atoms with Gasteiger partial charge in [-0.3, -0.25) is 20.2 Å². The van der Waals surface area contributed by atoms with Gasteiger partial charge in [0.05, 0.1) is 11.5 Å². The van der Waals surface area contributed by atoms with Crippen LogP contribution in [0.15, 0.2) is 0 Å². The third-order valence-electron chi connectivity index (χ3n) is 0.902. The van der Waals surface area contributed by atoms with Crippen molar-refractivity contribution in [1.82, 2.24) is 5.32 Å². The molecular weight excluding hydrogens is 187 g/mol. The molecular formula is C5H7FN2O5. The highest BCUT2D eigenvalue weighted by molar-refractivity contribution is 5.93. The summed E-state index contributed by atoms with van der Waals surface area (Å²) >= 11 is 0. The van der Waals surface area contributed by atoms with Gasteiger partial charge in [0.15, 0.2) is 0 Å². The third kappa shape index (κ3) is 3.99. The van der Waals surface area contributed by atoms with E-state index in [2.05, 4.69) is 4.74 Å². The third-order valence-corrected chi connectivity index (χ3v) is 0.902. The number of nitro groups is 1. The first kappa shape index (κ1) is 11.3. The normalized spacial score (nSPS) is 11.5. The van der Waals surface area contributed by atoms with E-state index in [4.69, 9.17) is 0 Å². The Balaban J connectivity index is 4.00. The number of imide groups is 1. The fourth-order valence-electron chi connectivity index (χ4n) is 0.423. The average Bonchev–Trinajstić information content (AvgIpc) is 2.03. The van der Waals surface area contributed by atoms with Crippen molar-refractivity contribution in [3.05, 3.63) is 10.1 Å². The van der Waals surface area contributed by atoms with E-state index in [0.717, 1.165) is 0 Å². The Kier molecular flexibility index (Phi) is 4.34. The van der Waals surface area contributed by atoms with Gasteiger partial charge in [-0.2, -0.15) is 4.39 Å². The molecule has 1 atom stereocenters. The molecule has 0 aromatic carbocycles. The highest BCUT2D eigenvalue weighted by atomic mass is 19.1. The summed E-state index contributed by atoms with van der Waals surface area (Å²) < 4.78 is 16.4. The van der Waals surface area contributed by atoms with Crippen LogP contribution in [0.5, 0.6) is 0 Å². The predicted molar refractivity (Wildman–Crippen MR) is 37.1 cm³/mol. The minimum atomic E-state index is -2.95. The molecule has 8 heteroatoms. The zero-order chi connectivity index (χ0) is 10.4. The molecule has 0 heterocycles. The number of nitrogens with one attached hydrogen (secondary N) is 1. The molecule has 0 radical (unpaired) electrons. The maximum absolute atomic E-state index is 12.2. The minimum absolute atomic E-state index is 0.0193. The predicted octanol–water partition coefficient (Wildman–Crippen LogP) is -0.169. The molecule has 0 aliphatic carbocycles. The number of amides is 2. The van der Waals surface area contributed by atoms with E-state index in [1.165, 1.54) is 12.2 Å². The van der Waals surface area contributed by atoms with E-state index in [0.29, 0.717) is 0 Å². The highest BCUT2D eigenvalue weighted by Crippen LogP contribution is 1.91. The Morgan fingerprint density at radius 1 is 1.69 bits per heavy atom. The van der Waals surface area contributed by atoms with Crippen LogP contribution in [0.3, 0.4) is 0 Å². The Hall–Kier alpha value is -1.73. The van der Waals surface area contributed by atoms with E-state index >= 15 is 0 Å². The minimum Gasteiger partial charge on any atom is -0.450 e. The van der Waals surface area contributed by atoms with Crippen molar-refractivity contribution in [3.8, 4) is 0 Å². The van der Waals surface area contributed by atoms with Crippen molar-refractivity contribution in [2.24, 2.45) is 0 Å². The van der Waals surface area contributed by atoms with Gasteiger partial charge in [-0.05, 0) is 6.92 Å². The first-order chi connectivity index (χ1) is 5.99. The van der Waals surface area contributed by atoms with Crippen molar-refractivity contribution >= 4 is 12.0 Å². The molecule has 0 fully saturated rings. The van der Waals surface area contributed by atoms with Crippen molar-refractivity contribution in [2.45, 2.75) is 13.2 Å². The van der Waals surface area contributed by atoms with E-state index < -0.39 is 23.2 Å². The van der Waals surface area contributed by atoms with Crippen LogP contribution in [0, 0.1) is 10.1 Å². The fourth-order valence-corrected chi connectivity index (χ4v) is 0.423. The van der Waals surface area contributed by atoms with Crippen molar-refractivity contribution in [2.75, 3.05) is 6.61 Å². The molecule has 0 saturated carbocycles. The van der Waals surface area contributed by atoms with Gasteiger partial charge >= 0.3 is 18.3 Å². The highest BCUT2D eigenvalue weighted by Gasteiger charge is 2.30. The zero-order valence-electron chi connectivity index (χ0n) is 6.65. The van der Waals surface area contributed by atoms with Gasteiger partial charge in [0, 0.05) is 0 Å². The van der Waals surface area contributed by atoms with Crippen LogP contribution in [0.4, 0.5) is 9.18 Å². The van der Waals surface area contributed by atoms with Crippen LogP contribution in [0.2, 0.25) is 0 Å². The second kappa shape index (κ2) is 5.01. The number of alkyl halides is 1. The van der Waals surface area contributed by atoms with Gasteiger partial charge in [0.25, 0.3) is 0 Å². The topological polar surface area (TPSA) is 98.5 Å². The second-order valence-electron chi connectivity index (χ2n) is 1.83. The monoisotopic (exact) mass is 194 g/mol. The Bertz CT molecular complexity index is 231. The average molecular weight is 194 g/mol. The Morgan fingerprint density at radius 3 is 2.62 bits per heavy atom. The van der Waals surface area contributed by atoms with Gasteiger partial charge in [-0.25, -0.2) is 4.79 Å². The number of hydrogen-bond acceptors (Lipinski definition) is 5. The van der Waals surface area contributed by atoms with Crippen molar-refractivity contribution < 1.29 is 23.6 Å². The molecule has 74 valence electrons. The molecule has 0 aliphatic heterocycles. The van der Waals surface area contributed by atoms with E-state index in [1.54, 1.807) is 0 Å². The van der Waals surface area contributed by atoms with E-state index in [9.17, 15) is 24.1 Å². The lowest BCUT2D eigenvalue weighted by Gasteiger charge is -2.02. The summed E-state index contributed by atoms with van der Waals surface area (Å²) in [6, 6.07) is 0. The SMILES string of the molecule is CCOC(=O)NC(=O)C(F)[N+](=O)[O-]. The molecule has 0 aliphatic rings. The summed E-state index contributed by atoms with van der Waals surface area (Å²) in [4.78, 5) is 29.1. The summed E-state index contributed by atoms with van der Waals surface area (Å²) in [5.41, 5.74) is 0. The Morgan fingerprint density at radius 2 is 2.23 bits per heavy atom. The molecule has 13 heavy (non-hydrogen) atoms. The molecule has 0 spiro atoms. The molecule has 0 aromatic rings. The molecule has 0 aromatic heterocycles. The lowest BCUT2D eigenvalue weighted by molar-refractivity contribution is -0.536. The van der Waals surface area contributed by atoms with Gasteiger partial charge in [0.2, 0.25) is 0 Å². The maximum Gasteiger partial charge on any atom is 0.427 e. The molecule has 1 N–H and O–H groups in total. The zero-order valence-corrected chi connectivity index (χ0v) is 6.65. The molecule has 0 saturated heterocycles. The number of halogens is 1. The molecule has 0 bridgehead atoms. The van der Waals surface area contributed by atoms with Gasteiger partial charge in [0.1, 0.15) is 0 Å². The number of ether oxygens (including phenoxy) is 1. The lowest BCUT2D eigenvalue weighted by atomic mass is 10.6. The molecule has 0 rings (SSSR count). The number of nitrogens with zero attached hydrogens (tertiary/aromatic N) is 1. The number of carbonyl (C=O) groups is 2. The quantitative estimate of drug-likeness (QED) is 0.382. The maximum atomic E-state index is 12.2. The van der Waals surface area contributed by atoms with Gasteiger partial charge in [-0.15, -0.1) is 0 Å². The molecule has 1 unspecified atom stereocenters. The number of alkyl carbamates (subject to hydrolysis) is 1. The summed E-state index contributed by atoms with van der Waals surface area (Å²) in [6.07, 6.45) is -4.17.